The van der Waals surface area contributed by atoms with E-state index >= 15 is 0 Å². The lowest BCUT2D eigenvalue weighted by molar-refractivity contribution is 0.249. The number of nitrogens with one attached hydrogen (secondary N) is 2. The van der Waals surface area contributed by atoms with Gasteiger partial charge in [-0.1, -0.05) is 15.9 Å². The Hall–Kier alpha value is -1.88. The molecule has 0 radical (unpaired) electrons. The fourth-order valence-electron chi connectivity index (χ4n) is 1.86. The second-order valence-corrected chi connectivity index (χ2v) is 5.48. The predicted octanol–water partition coefficient (Wildman–Crippen LogP) is 4.04. The summed E-state index contributed by atoms with van der Waals surface area (Å²) in [4.78, 5) is 15.9. The number of aryl methyl sites for hydroxylation is 1. The molecule has 20 heavy (non-hydrogen) atoms. The summed E-state index contributed by atoms with van der Waals surface area (Å²) in [6, 6.07) is 9.20. The molecule has 0 fully saturated rings. The SMILES string of the molecule is Cc1cc(Br)ccc1NC(=O)N[C@H](C)c1ccncc1. The van der Waals surface area contributed by atoms with E-state index in [-0.39, 0.29) is 12.1 Å². The highest BCUT2D eigenvalue weighted by molar-refractivity contribution is 9.10. The average Bonchev–Trinajstić information content (AvgIpc) is 2.43. The molecular formula is C15H16BrN3O. The fraction of sp³-hybridized carbons (Fsp3) is 0.200. The van der Waals surface area contributed by atoms with Crippen molar-refractivity contribution in [2.24, 2.45) is 0 Å². The predicted molar refractivity (Wildman–Crippen MR) is 83.7 cm³/mol. The average molecular weight is 334 g/mol. The van der Waals surface area contributed by atoms with Crippen molar-refractivity contribution in [2.75, 3.05) is 5.32 Å². The second kappa shape index (κ2) is 6.52. The van der Waals surface area contributed by atoms with Gasteiger partial charge in [-0.05, 0) is 55.3 Å². The zero-order valence-electron chi connectivity index (χ0n) is 11.4. The maximum Gasteiger partial charge on any atom is 0.319 e. The molecule has 1 heterocycles. The van der Waals surface area contributed by atoms with E-state index in [9.17, 15) is 4.79 Å². The van der Waals surface area contributed by atoms with Crippen LogP contribution < -0.4 is 10.6 Å². The number of carbonyl (C=O) groups excluding carboxylic acids is 1. The van der Waals surface area contributed by atoms with Crippen LogP contribution in [0.4, 0.5) is 10.5 Å². The van der Waals surface area contributed by atoms with E-state index in [0.29, 0.717) is 0 Å². The van der Waals surface area contributed by atoms with Crippen molar-refractivity contribution >= 4 is 27.6 Å². The van der Waals surface area contributed by atoms with E-state index in [1.807, 2.05) is 44.2 Å². The molecular weight excluding hydrogens is 318 g/mol. The summed E-state index contributed by atoms with van der Waals surface area (Å²) in [5.41, 5.74) is 2.82. The van der Waals surface area contributed by atoms with Gasteiger partial charge >= 0.3 is 6.03 Å². The Morgan fingerprint density at radius 3 is 2.60 bits per heavy atom. The van der Waals surface area contributed by atoms with Gasteiger partial charge in [0, 0.05) is 22.6 Å². The summed E-state index contributed by atoms with van der Waals surface area (Å²) >= 11 is 3.40. The van der Waals surface area contributed by atoms with Crippen molar-refractivity contribution in [3.8, 4) is 0 Å². The number of benzene rings is 1. The van der Waals surface area contributed by atoms with Gasteiger partial charge in [0.15, 0.2) is 0 Å². The molecule has 2 amide bonds. The summed E-state index contributed by atoms with van der Waals surface area (Å²) < 4.78 is 0.992. The van der Waals surface area contributed by atoms with E-state index in [4.69, 9.17) is 0 Å². The Labute approximate surface area is 126 Å². The maximum atomic E-state index is 12.0. The summed E-state index contributed by atoms with van der Waals surface area (Å²) in [6.07, 6.45) is 3.43. The monoisotopic (exact) mass is 333 g/mol. The van der Waals surface area contributed by atoms with Gasteiger partial charge in [0.05, 0.1) is 6.04 Å². The number of nitrogens with zero attached hydrogens (tertiary/aromatic N) is 1. The van der Waals surface area contributed by atoms with Crippen LogP contribution in [0.5, 0.6) is 0 Å². The standard InChI is InChI=1S/C15H16BrN3O/c1-10-9-13(16)3-4-14(10)19-15(20)18-11(2)12-5-7-17-8-6-12/h3-9,11H,1-2H3,(H2,18,19,20)/t11-/m1/s1. The first kappa shape index (κ1) is 14.5. The molecule has 0 aliphatic heterocycles. The Morgan fingerprint density at radius 2 is 1.95 bits per heavy atom. The van der Waals surface area contributed by atoms with E-state index in [1.165, 1.54) is 0 Å². The van der Waals surface area contributed by atoms with Gasteiger partial charge in [-0.2, -0.15) is 0 Å². The largest absolute Gasteiger partial charge is 0.331 e. The van der Waals surface area contributed by atoms with Gasteiger partial charge in [0.1, 0.15) is 0 Å². The third-order valence-electron chi connectivity index (χ3n) is 2.99. The minimum absolute atomic E-state index is 0.0752. The normalized spacial score (nSPS) is 11.8. The van der Waals surface area contributed by atoms with Crippen LogP contribution in [-0.2, 0) is 0 Å². The lowest BCUT2D eigenvalue weighted by Crippen LogP contribution is -2.31. The molecule has 4 nitrogen and oxygen atoms in total. The number of halogens is 1. The summed E-state index contributed by atoms with van der Waals surface area (Å²) in [5, 5.41) is 5.75. The van der Waals surface area contributed by atoms with E-state index < -0.39 is 0 Å². The van der Waals surface area contributed by atoms with Gasteiger partial charge in [-0.25, -0.2) is 4.79 Å². The molecule has 0 aliphatic carbocycles. The molecule has 2 aromatic rings. The number of carbonyl (C=O) groups is 1. The minimum atomic E-state index is -0.222. The second-order valence-electron chi connectivity index (χ2n) is 4.56. The van der Waals surface area contributed by atoms with Crippen LogP contribution in [0.15, 0.2) is 47.2 Å². The molecule has 1 aromatic heterocycles. The van der Waals surface area contributed by atoms with E-state index in [0.717, 1.165) is 21.3 Å². The molecule has 1 atom stereocenters. The summed E-state index contributed by atoms with van der Waals surface area (Å²) in [7, 11) is 0. The first-order valence-corrected chi connectivity index (χ1v) is 7.09. The number of hydrogen-bond donors (Lipinski definition) is 2. The molecule has 2 rings (SSSR count). The maximum absolute atomic E-state index is 12.0. The van der Waals surface area contributed by atoms with Crippen LogP contribution in [0.1, 0.15) is 24.1 Å². The van der Waals surface area contributed by atoms with Gasteiger partial charge in [0.2, 0.25) is 0 Å². The van der Waals surface area contributed by atoms with Gasteiger partial charge < -0.3 is 10.6 Å². The minimum Gasteiger partial charge on any atom is -0.331 e. The van der Waals surface area contributed by atoms with Crippen molar-refractivity contribution in [3.05, 3.63) is 58.3 Å². The molecule has 0 unspecified atom stereocenters. The summed E-state index contributed by atoms with van der Waals surface area (Å²) in [5.74, 6) is 0. The van der Waals surface area contributed by atoms with Crippen LogP contribution >= 0.6 is 15.9 Å². The third-order valence-corrected chi connectivity index (χ3v) is 3.48. The zero-order valence-corrected chi connectivity index (χ0v) is 12.9. The Balaban J connectivity index is 1.99. The van der Waals surface area contributed by atoms with E-state index in [2.05, 4.69) is 31.5 Å². The van der Waals surface area contributed by atoms with Gasteiger partial charge in [0.25, 0.3) is 0 Å². The quantitative estimate of drug-likeness (QED) is 0.890. The molecule has 104 valence electrons. The van der Waals surface area contributed by atoms with Crippen molar-refractivity contribution < 1.29 is 4.79 Å². The van der Waals surface area contributed by atoms with Crippen molar-refractivity contribution in [2.45, 2.75) is 19.9 Å². The van der Waals surface area contributed by atoms with Gasteiger partial charge in [-0.15, -0.1) is 0 Å². The topological polar surface area (TPSA) is 54.0 Å². The first-order chi connectivity index (χ1) is 9.56. The van der Waals surface area contributed by atoms with E-state index in [1.54, 1.807) is 12.4 Å². The highest BCUT2D eigenvalue weighted by Gasteiger charge is 2.10. The van der Waals surface area contributed by atoms with Crippen LogP contribution in [0.3, 0.4) is 0 Å². The molecule has 0 saturated carbocycles. The van der Waals surface area contributed by atoms with Gasteiger partial charge in [-0.3, -0.25) is 4.98 Å². The zero-order chi connectivity index (χ0) is 14.5. The lowest BCUT2D eigenvalue weighted by atomic mass is 10.1. The number of aromatic nitrogens is 1. The fourth-order valence-corrected chi connectivity index (χ4v) is 2.33. The molecule has 2 N–H and O–H groups in total. The number of hydrogen-bond acceptors (Lipinski definition) is 2. The molecule has 1 aromatic carbocycles. The summed E-state index contributed by atoms with van der Waals surface area (Å²) in [6.45, 7) is 3.88. The highest BCUT2D eigenvalue weighted by Crippen LogP contribution is 2.20. The van der Waals surface area contributed by atoms with Crippen LogP contribution in [0, 0.1) is 6.92 Å². The van der Waals surface area contributed by atoms with Crippen molar-refractivity contribution in [1.29, 1.82) is 0 Å². The molecule has 0 bridgehead atoms. The van der Waals surface area contributed by atoms with Crippen LogP contribution in [0.25, 0.3) is 0 Å². The number of anilines is 1. The lowest BCUT2D eigenvalue weighted by Gasteiger charge is -2.15. The molecule has 5 heteroatoms. The number of urea groups is 1. The number of pyridine rings is 1. The van der Waals surface area contributed by atoms with Crippen LogP contribution in [-0.4, -0.2) is 11.0 Å². The first-order valence-electron chi connectivity index (χ1n) is 6.30. The van der Waals surface area contributed by atoms with Crippen molar-refractivity contribution in [1.82, 2.24) is 10.3 Å². The highest BCUT2D eigenvalue weighted by atomic mass is 79.9. The Morgan fingerprint density at radius 1 is 1.25 bits per heavy atom. The molecule has 0 aliphatic rings. The van der Waals surface area contributed by atoms with Crippen LogP contribution in [0.2, 0.25) is 0 Å². The smallest absolute Gasteiger partial charge is 0.319 e. The molecule has 0 saturated heterocycles. The van der Waals surface area contributed by atoms with Crippen molar-refractivity contribution in [3.63, 3.8) is 0 Å². The number of amides is 2. The molecule has 0 spiro atoms. The Bertz CT molecular complexity index is 601. The Kier molecular flexibility index (Phi) is 4.74. The third kappa shape index (κ3) is 3.81. The number of rotatable bonds is 3.